The minimum atomic E-state index is -3.26. The van der Waals surface area contributed by atoms with Crippen molar-refractivity contribution in [3.8, 4) is 0 Å². The molecule has 0 unspecified atom stereocenters. The van der Waals surface area contributed by atoms with Crippen LogP contribution in [0.1, 0.15) is 203 Å². The molecule has 46 heavy (non-hydrogen) atoms. The molecule has 278 valence electrons. The molecule has 0 spiro atoms. The van der Waals surface area contributed by atoms with Gasteiger partial charge in [0.1, 0.15) is 0 Å². The van der Waals surface area contributed by atoms with Gasteiger partial charge in [-0.25, -0.2) is 0 Å². The third-order valence-electron chi connectivity index (χ3n) is 8.76. The lowest BCUT2D eigenvalue weighted by Crippen LogP contribution is -2.64. The van der Waals surface area contributed by atoms with Crippen LogP contribution < -0.4 is 0 Å². The van der Waals surface area contributed by atoms with Gasteiger partial charge in [0.15, 0.2) is 0 Å². The summed E-state index contributed by atoms with van der Waals surface area (Å²) in [6.07, 6.45) is 27.9. The van der Waals surface area contributed by atoms with Gasteiger partial charge in [0.05, 0.1) is 5.16 Å². The molecule has 0 radical (unpaired) electrons. The molecule has 0 atom stereocenters. The van der Waals surface area contributed by atoms with Crippen LogP contribution in [0, 0.1) is 0 Å². The molecular formula is C38H82O6Si2. The summed E-state index contributed by atoms with van der Waals surface area (Å²) >= 11 is 0. The van der Waals surface area contributed by atoms with Crippen LogP contribution in [0.15, 0.2) is 0 Å². The highest BCUT2D eigenvalue weighted by atomic mass is 28.5. The van der Waals surface area contributed by atoms with E-state index in [1.54, 1.807) is 0 Å². The van der Waals surface area contributed by atoms with Crippen molar-refractivity contribution >= 4 is 17.6 Å². The van der Waals surface area contributed by atoms with E-state index in [4.69, 9.17) is 26.6 Å². The predicted octanol–water partition coefficient (Wildman–Crippen LogP) is 12.4. The zero-order valence-corrected chi connectivity index (χ0v) is 34.2. The van der Waals surface area contributed by atoms with Crippen LogP contribution in [0.2, 0.25) is 5.16 Å². The molecule has 0 aromatic heterocycles. The van der Waals surface area contributed by atoms with Crippen LogP contribution >= 0.6 is 0 Å². The molecular weight excluding hydrogens is 609 g/mol. The fourth-order valence-electron chi connectivity index (χ4n) is 5.59. The normalized spacial score (nSPS) is 12.5. The van der Waals surface area contributed by atoms with Gasteiger partial charge in [0.2, 0.25) is 0 Å². The summed E-state index contributed by atoms with van der Waals surface area (Å²) < 4.78 is 41.9. The van der Waals surface area contributed by atoms with Crippen LogP contribution in [0.5, 0.6) is 0 Å². The average molecular weight is 691 g/mol. The Morgan fingerprint density at radius 3 is 0.739 bits per heavy atom. The maximum atomic E-state index is 6.99. The first-order chi connectivity index (χ1) is 22.6. The lowest BCUT2D eigenvalue weighted by molar-refractivity contribution is 0.0179. The zero-order chi connectivity index (χ0) is 34.0. The van der Waals surface area contributed by atoms with Crippen molar-refractivity contribution in [2.45, 2.75) is 208 Å². The lowest BCUT2D eigenvalue weighted by Gasteiger charge is -2.43. The molecule has 0 aliphatic rings. The van der Waals surface area contributed by atoms with Gasteiger partial charge in [-0.05, 0) is 44.9 Å². The van der Waals surface area contributed by atoms with Gasteiger partial charge in [-0.15, -0.1) is 0 Å². The Kier molecular flexibility index (Phi) is 33.8. The van der Waals surface area contributed by atoms with Crippen LogP contribution in [-0.2, 0) is 26.6 Å². The maximum absolute atomic E-state index is 6.99. The fraction of sp³-hybridized carbons (Fsp3) is 1.00. The van der Waals surface area contributed by atoms with Crippen LogP contribution in [0.3, 0.4) is 0 Å². The summed E-state index contributed by atoms with van der Waals surface area (Å²) in [5, 5.41) is -0.102. The first-order valence-corrected chi connectivity index (χ1v) is 24.0. The summed E-state index contributed by atoms with van der Waals surface area (Å²) in [5.41, 5.74) is 0. The highest BCUT2D eigenvalue weighted by Gasteiger charge is 2.65. The van der Waals surface area contributed by atoms with Crippen molar-refractivity contribution in [3.05, 3.63) is 0 Å². The Balaban J connectivity index is 6.37. The lowest BCUT2D eigenvalue weighted by atomic mass is 10.1. The number of hydrogen-bond donors (Lipinski definition) is 0. The van der Waals surface area contributed by atoms with Gasteiger partial charge in [-0.1, -0.05) is 158 Å². The monoisotopic (exact) mass is 691 g/mol. The van der Waals surface area contributed by atoms with E-state index in [2.05, 4.69) is 48.5 Å². The minimum Gasteiger partial charge on any atom is -0.373 e. The molecule has 6 nitrogen and oxygen atoms in total. The summed E-state index contributed by atoms with van der Waals surface area (Å²) in [6, 6.07) is 0. The van der Waals surface area contributed by atoms with Gasteiger partial charge < -0.3 is 26.6 Å². The van der Waals surface area contributed by atoms with Crippen molar-refractivity contribution in [1.29, 1.82) is 0 Å². The fourth-order valence-corrected chi connectivity index (χ4v) is 14.2. The molecule has 0 N–H and O–H groups in total. The predicted molar refractivity (Wildman–Crippen MR) is 201 cm³/mol. The second kappa shape index (κ2) is 33.7. The van der Waals surface area contributed by atoms with Gasteiger partial charge in [-0.3, -0.25) is 0 Å². The maximum Gasteiger partial charge on any atom is 0.508 e. The molecule has 0 rings (SSSR count). The number of unbranched alkanes of at least 4 members (excludes halogenated alkanes) is 16. The van der Waals surface area contributed by atoms with E-state index in [9.17, 15) is 0 Å². The van der Waals surface area contributed by atoms with Crippen molar-refractivity contribution < 1.29 is 26.6 Å². The van der Waals surface area contributed by atoms with E-state index in [0.29, 0.717) is 39.6 Å². The standard InChI is InChI=1S/C38H82O6Si2/c1-8-15-22-23-24-25-26-27-28-29-30-31-38(45(39-32-16-9-2,40-33-17-10-3)41-34-18-11-4)46(42-35-19-12-5,43-36-20-13-6)44-37-21-14-7/h38H,8-37H2,1-7H3. The highest BCUT2D eigenvalue weighted by molar-refractivity contribution is 6.82. The Morgan fingerprint density at radius 1 is 0.283 bits per heavy atom. The van der Waals surface area contributed by atoms with E-state index >= 15 is 0 Å². The van der Waals surface area contributed by atoms with Gasteiger partial charge in [0.25, 0.3) is 0 Å². The molecule has 0 amide bonds. The molecule has 0 fully saturated rings. The molecule has 0 heterocycles. The van der Waals surface area contributed by atoms with Crippen molar-refractivity contribution in [3.63, 3.8) is 0 Å². The largest absolute Gasteiger partial charge is 0.508 e. The van der Waals surface area contributed by atoms with E-state index in [0.717, 1.165) is 89.9 Å². The highest BCUT2D eigenvalue weighted by Crippen LogP contribution is 2.42. The molecule has 0 saturated carbocycles. The SMILES string of the molecule is CCCCCCCCCCCCCC([Si](OCCCC)(OCCCC)OCCCC)[Si](OCCCC)(OCCCC)OCCCC. The second-order valence-corrected chi connectivity index (χ2v) is 19.4. The summed E-state index contributed by atoms with van der Waals surface area (Å²) in [7, 11) is -6.53. The Morgan fingerprint density at radius 2 is 0.500 bits per heavy atom. The molecule has 8 heteroatoms. The van der Waals surface area contributed by atoms with Gasteiger partial charge in [0, 0.05) is 39.6 Å². The molecule has 0 aromatic carbocycles. The van der Waals surface area contributed by atoms with Gasteiger partial charge in [-0.2, -0.15) is 0 Å². The topological polar surface area (TPSA) is 55.4 Å². The second-order valence-electron chi connectivity index (χ2n) is 13.3. The van der Waals surface area contributed by atoms with Crippen LogP contribution in [0.25, 0.3) is 0 Å². The number of hydrogen-bond acceptors (Lipinski definition) is 6. The average Bonchev–Trinajstić information content (AvgIpc) is 3.05. The first kappa shape index (κ1) is 46.2. The van der Waals surface area contributed by atoms with Crippen molar-refractivity contribution in [2.75, 3.05) is 39.6 Å². The quantitative estimate of drug-likeness (QED) is 0.0475. The van der Waals surface area contributed by atoms with Crippen LogP contribution in [-0.4, -0.2) is 57.3 Å². The molecule has 0 aliphatic heterocycles. The molecule has 0 saturated heterocycles. The summed E-state index contributed by atoms with van der Waals surface area (Å²) in [4.78, 5) is 0. The van der Waals surface area contributed by atoms with Crippen molar-refractivity contribution in [2.24, 2.45) is 0 Å². The smallest absolute Gasteiger partial charge is 0.373 e. The third-order valence-corrected chi connectivity index (χ3v) is 16.8. The summed E-state index contributed by atoms with van der Waals surface area (Å²) in [5.74, 6) is 0. The van der Waals surface area contributed by atoms with Gasteiger partial charge >= 0.3 is 17.6 Å². The first-order valence-electron chi connectivity index (χ1n) is 20.4. The Labute approximate surface area is 290 Å². The van der Waals surface area contributed by atoms with E-state index in [1.807, 2.05) is 0 Å². The Hall–Kier alpha value is 0.194. The van der Waals surface area contributed by atoms with E-state index in [-0.39, 0.29) is 5.16 Å². The third kappa shape index (κ3) is 22.0. The molecule has 0 aromatic rings. The Bertz CT molecular complexity index is 521. The summed E-state index contributed by atoms with van der Waals surface area (Å²) in [6.45, 7) is 19.5. The molecule has 0 aliphatic carbocycles. The van der Waals surface area contributed by atoms with E-state index < -0.39 is 17.6 Å². The van der Waals surface area contributed by atoms with Crippen LogP contribution in [0.4, 0.5) is 0 Å². The van der Waals surface area contributed by atoms with Crippen molar-refractivity contribution in [1.82, 2.24) is 0 Å². The zero-order valence-electron chi connectivity index (χ0n) is 32.2. The van der Waals surface area contributed by atoms with E-state index in [1.165, 1.54) is 64.2 Å². The molecule has 0 bridgehead atoms. The number of rotatable bonds is 38. The minimum absolute atomic E-state index is 0.102.